The van der Waals surface area contributed by atoms with Gasteiger partial charge in [-0.2, -0.15) is 0 Å². The second-order valence-electron chi connectivity index (χ2n) is 7.56. The van der Waals surface area contributed by atoms with Gasteiger partial charge in [-0.05, 0) is 49.5 Å². The van der Waals surface area contributed by atoms with Gasteiger partial charge in [0.2, 0.25) is 0 Å². The topological polar surface area (TPSA) is 54.4 Å². The molecule has 134 valence electrons. The zero-order valence-corrected chi connectivity index (χ0v) is 15.7. The molecule has 0 aromatic rings. The molecule has 0 saturated heterocycles. The first-order chi connectivity index (χ1) is 10.7. The predicted octanol–water partition coefficient (Wildman–Crippen LogP) is 5.64. The number of rotatable bonds is 13. The monoisotopic (exact) mass is 324 g/mol. The van der Waals surface area contributed by atoms with Crippen molar-refractivity contribution in [3.8, 4) is 0 Å². The van der Waals surface area contributed by atoms with Crippen LogP contribution in [-0.4, -0.2) is 16.9 Å². The molecule has 0 spiro atoms. The molecule has 0 fully saturated rings. The van der Waals surface area contributed by atoms with E-state index in [1.807, 2.05) is 13.8 Å². The van der Waals surface area contributed by atoms with Gasteiger partial charge in [-0.15, -0.1) is 0 Å². The molecule has 0 bridgehead atoms. The van der Waals surface area contributed by atoms with Crippen LogP contribution in [0.15, 0.2) is 11.6 Å². The number of carboxylic acids is 1. The summed E-state index contributed by atoms with van der Waals surface area (Å²) in [4.78, 5) is 22.7. The molecule has 0 amide bonds. The number of allylic oxidation sites excluding steroid dienone is 2. The van der Waals surface area contributed by atoms with Gasteiger partial charge in [0.05, 0.1) is 0 Å². The molecule has 23 heavy (non-hydrogen) atoms. The highest BCUT2D eigenvalue weighted by molar-refractivity contribution is 5.94. The van der Waals surface area contributed by atoms with Gasteiger partial charge in [0.1, 0.15) is 0 Å². The van der Waals surface area contributed by atoms with Crippen molar-refractivity contribution in [1.29, 1.82) is 0 Å². The van der Waals surface area contributed by atoms with Crippen molar-refractivity contribution in [2.75, 3.05) is 0 Å². The summed E-state index contributed by atoms with van der Waals surface area (Å²) in [5, 5.41) is 8.74. The lowest BCUT2D eigenvalue weighted by Gasteiger charge is -2.13. The lowest BCUT2D eigenvalue weighted by atomic mass is 9.92. The Hall–Kier alpha value is -1.12. The third-order valence-electron chi connectivity index (χ3n) is 4.42. The van der Waals surface area contributed by atoms with Crippen LogP contribution >= 0.6 is 0 Å². The summed E-state index contributed by atoms with van der Waals surface area (Å²) in [6, 6.07) is 0. The molecule has 0 aliphatic heterocycles. The van der Waals surface area contributed by atoms with Crippen LogP contribution in [0.1, 0.15) is 86.0 Å². The summed E-state index contributed by atoms with van der Waals surface area (Å²) in [7, 11) is 0. The summed E-state index contributed by atoms with van der Waals surface area (Å²) in [5.74, 6) is 1.01. The highest BCUT2D eigenvalue weighted by Crippen LogP contribution is 2.19. The number of Topliss-reactive ketones (excluding diaryl/α,β-unsaturated/α-hetero) is 1. The smallest absolute Gasteiger partial charge is 0.303 e. The number of carbonyl (C=O) groups excluding carboxylic acids is 1. The normalized spacial score (nSPS) is 14.8. The maximum absolute atomic E-state index is 12.1. The molecule has 1 N–H and O–H groups in total. The number of hydrogen-bond donors (Lipinski definition) is 1. The Labute approximate surface area is 142 Å². The predicted molar refractivity (Wildman–Crippen MR) is 96.5 cm³/mol. The van der Waals surface area contributed by atoms with E-state index in [0.29, 0.717) is 18.3 Å². The van der Waals surface area contributed by atoms with E-state index < -0.39 is 5.97 Å². The van der Waals surface area contributed by atoms with Crippen LogP contribution in [0.3, 0.4) is 0 Å². The Bertz CT molecular complexity index is 382. The Morgan fingerprint density at radius 2 is 1.57 bits per heavy atom. The summed E-state index contributed by atoms with van der Waals surface area (Å²) in [6.45, 7) is 10.5. The standard InChI is InChI=1S/C20H36O3/c1-15(2)8-6-11-18(5)19(21)13-12-16(3)9-7-10-17(4)14-20(22)23/h11,15-17H,6-10,12-14H2,1-5H3,(H,22,23)/b18-11+. The summed E-state index contributed by atoms with van der Waals surface area (Å²) < 4.78 is 0. The van der Waals surface area contributed by atoms with Gasteiger partial charge in [-0.3, -0.25) is 9.59 Å². The van der Waals surface area contributed by atoms with E-state index in [4.69, 9.17) is 5.11 Å². The first kappa shape index (κ1) is 21.9. The minimum absolute atomic E-state index is 0.243. The van der Waals surface area contributed by atoms with Gasteiger partial charge in [0.25, 0.3) is 0 Å². The second kappa shape index (κ2) is 12.3. The molecule has 3 nitrogen and oxygen atoms in total. The molecule has 0 saturated carbocycles. The lowest BCUT2D eigenvalue weighted by Crippen LogP contribution is -2.06. The average molecular weight is 325 g/mol. The molecule has 2 unspecified atom stereocenters. The van der Waals surface area contributed by atoms with Crippen molar-refractivity contribution >= 4 is 11.8 Å². The molecule has 0 aromatic carbocycles. The quantitative estimate of drug-likeness (QED) is 0.446. The van der Waals surface area contributed by atoms with E-state index in [0.717, 1.165) is 44.1 Å². The fraction of sp³-hybridized carbons (Fsp3) is 0.800. The number of ketones is 1. The van der Waals surface area contributed by atoms with Crippen molar-refractivity contribution in [3.63, 3.8) is 0 Å². The maximum Gasteiger partial charge on any atom is 0.303 e. The third-order valence-corrected chi connectivity index (χ3v) is 4.42. The number of hydrogen-bond acceptors (Lipinski definition) is 2. The van der Waals surface area contributed by atoms with Crippen LogP contribution in [-0.2, 0) is 9.59 Å². The van der Waals surface area contributed by atoms with E-state index >= 15 is 0 Å². The van der Waals surface area contributed by atoms with Crippen molar-refractivity contribution in [3.05, 3.63) is 11.6 Å². The van der Waals surface area contributed by atoms with Crippen LogP contribution in [0, 0.1) is 17.8 Å². The minimum atomic E-state index is -0.712. The molecule has 0 rings (SSSR count). The van der Waals surface area contributed by atoms with Gasteiger partial charge in [0, 0.05) is 12.8 Å². The van der Waals surface area contributed by atoms with E-state index in [1.165, 1.54) is 0 Å². The zero-order chi connectivity index (χ0) is 17.8. The van der Waals surface area contributed by atoms with Crippen LogP contribution in [0.25, 0.3) is 0 Å². The number of carboxylic acid groups (broad SMARTS) is 1. The minimum Gasteiger partial charge on any atom is -0.481 e. The van der Waals surface area contributed by atoms with Crippen LogP contribution in [0.5, 0.6) is 0 Å². The third kappa shape index (κ3) is 13.1. The molecule has 2 atom stereocenters. The number of aliphatic carboxylic acids is 1. The summed E-state index contributed by atoms with van der Waals surface area (Å²) in [5.41, 5.74) is 0.910. The highest BCUT2D eigenvalue weighted by Gasteiger charge is 2.11. The number of carbonyl (C=O) groups is 2. The van der Waals surface area contributed by atoms with E-state index in [9.17, 15) is 9.59 Å². The van der Waals surface area contributed by atoms with Gasteiger partial charge in [-0.1, -0.05) is 53.0 Å². The van der Waals surface area contributed by atoms with Crippen LogP contribution < -0.4 is 0 Å². The van der Waals surface area contributed by atoms with E-state index in [-0.39, 0.29) is 18.1 Å². The molecule has 0 aliphatic rings. The first-order valence-corrected chi connectivity index (χ1v) is 9.14. The van der Waals surface area contributed by atoms with Gasteiger partial charge < -0.3 is 5.11 Å². The zero-order valence-electron chi connectivity index (χ0n) is 15.7. The highest BCUT2D eigenvalue weighted by atomic mass is 16.4. The average Bonchev–Trinajstić information content (AvgIpc) is 2.43. The Balaban J connectivity index is 3.88. The first-order valence-electron chi connectivity index (χ1n) is 9.14. The van der Waals surface area contributed by atoms with Crippen LogP contribution in [0.2, 0.25) is 0 Å². The molecular formula is C20H36O3. The largest absolute Gasteiger partial charge is 0.481 e. The van der Waals surface area contributed by atoms with Gasteiger partial charge in [-0.25, -0.2) is 0 Å². The fourth-order valence-electron chi connectivity index (χ4n) is 2.68. The molecular weight excluding hydrogens is 288 g/mol. The van der Waals surface area contributed by atoms with Gasteiger partial charge >= 0.3 is 5.97 Å². The molecule has 0 aliphatic carbocycles. The summed E-state index contributed by atoms with van der Waals surface area (Å²) >= 11 is 0. The summed E-state index contributed by atoms with van der Waals surface area (Å²) in [6.07, 6.45) is 9.12. The van der Waals surface area contributed by atoms with E-state index in [1.54, 1.807) is 0 Å². The fourth-order valence-corrected chi connectivity index (χ4v) is 2.68. The Kier molecular flexibility index (Phi) is 11.7. The lowest BCUT2D eigenvalue weighted by molar-refractivity contribution is -0.138. The molecule has 0 heterocycles. The molecule has 0 radical (unpaired) electrons. The van der Waals surface area contributed by atoms with Crippen molar-refractivity contribution < 1.29 is 14.7 Å². The Morgan fingerprint density at radius 1 is 0.957 bits per heavy atom. The van der Waals surface area contributed by atoms with E-state index in [2.05, 4.69) is 26.8 Å². The van der Waals surface area contributed by atoms with Crippen molar-refractivity contribution in [1.82, 2.24) is 0 Å². The Morgan fingerprint density at radius 3 is 2.13 bits per heavy atom. The van der Waals surface area contributed by atoms with Gasteiger partial charge in [0.15, 0.2) is 5.78 Å². The maximum atomic E-state index is 12.1. The molecule has 0 aromatic heterocycles. The van der Waals surface area contributed by atoms with Crippen LogP contribution in [0.4, 0.5) is 0 Å². The SMILES string of the molecule is C/C(=C\CCC(C)C)C(=O)CCC(C)CCCC(C)CC(=O)O. The van der Waals surface area contributed by atoms with Crippen molar-refractivity contribution in [2.24, 2.45) is 17.8 Å². The molecule has 3 heteroatoms. The second-order valence-corrected chi connectivity index (χ2v) is 7.56. The van der Waals surface area contributed by atoms with Crippen molar-refractivity contribution in [2.45, 2.75) is 86.0 Å².